The third-order valence-corrected chi connectivity index (χ3v) is 5.54. The number of thioether (sulfide) groups is 1. The minimum absolute atomic E-state index is 0.105. The second-order valence-electron chi connectivity index (χ2n) is 6.83. The Morgan fingerprint density at radius 2 is 1.93 bits per heavy atom. The molecule has 8 heteroatoms. The van der Waals surface area contributed by atoms with Crippen molar-refractivity contribution < 1.29 is 9.53 Å². The molecule has 0 saturated carbocycles. The average Bonchev–Trinajstić information content (AvgIpc) is 3.17. The van der Waals surface area contributed by atoms with Gasteiger partial charge in [0.05, 0.1) is 18.6 Å². The summed E-state index contributed by atoms with van der Waals surface area (Å²) in [6.45, 7) is 3.97. The number of aromatic nitrogens is 4. The number of fused-ring (bicyclic) bond motifs is 1. The molecule has 0 aliphatic rings. The van der Waals surface area contributed by atoms with Gasteiger partial charge in [0, 0.05) is 11.3 Å². The predicted molar refractivity (Wildman–Crippen MR) is 118 cm³/mol. The van der Waals surface area contributed by atoms with Crippen LogP contribution in [0.4, 0.5) is 5.69 Å². The van der Waals surface area contributed by atoms with Gasteiger partial charge in [0.25, 0.3) is 0 Å². The van der Waals surface area contributed by atoms with E-state index in [1.807, 2.05) is 68.4 Å². The van der Waals surface area contributed by atoms with Crippen LogP contribution in [0, 0.1) is 13.8 Å². The Bertz CT molecular complexity index is 1220. The van der Waals surface area contributed by atoms with E-state index in [2.05, 4.69) is 20.6 Å². The SMILES string of the molecule is COc1ccccc1-c1ccc2nnc(SCC(=O)Nc3cc(C)ccc3C)n2n1. The molecule has 0 saturated heterocycles. The van der Waals surface area contributed by atoms with Crippen LogP contribution in [0.15, 0.2) is 59.8 Å². The van der Waals surface area contributed by atoms with Gasteiger partial charge >= 0.3 is 0 Å². The van der Waals surface area contributed by atoms with Gasteiger partial charge in [-0.25, -0.2) is 0 Å². The highest BCUT2D eigenvalue weighted by Crippen LogP contribution is 2.28. The van der Waals surface area contributed by atoms with E-state index in [1.54, 1.807) is 11.6 Å². The van der Waals surface area contributed by atoms with Gasteiger partial charge in [-0.05, 0) is 55.3 Å². The Morgan fingerprint density at radius 1 is 1.10 bits per heavy atom. The van der Waals surface area contributed by atoms with Crippen LogP contribution in [0.3, 0.4) is 0 Å². The molecule has 1 amide bonds. The molecular weight excluding hydrogens is 398 g/mol. The van der Waals surface area contributed by atoms with Gasteiger partial charge < -0.3 is 10.1 Å². The molecule has 2 aromatic carbocycles. The molecule has 7 nitrogen and oxygen atoms in total. The summed E-state index contributed by atoms with van der Waals surface area (Å²) in [4.78, 5) is 12.5. The molecule has 4 rings (SSSR count). The van der Waals surface area contributed by atoms with Crippen LogP contribution >= 0.6 is 11.8 Å². The van der Waals surface area contributed by atoms with E-state index in [-0.39, 0.29) is 11.7 Å². The summed E-state index contributed by atoms with van der Waals surface area (Å²) in [6, 6.07) is 17.4. The van der Waals surface area contributed by atoms with Gasteiger partial charge in [-0.1, -0.05) is 36.0 Å². The Hall–Kier alpha value is -3.39. The lowest BCUT2D eigenvalue weighted by molar-refractivity contribution is -0.113. The lowest BCUT2D eigenvalue weighted by atomic mass is 10.1. The largest absolute Gasteiger partial charge is 0.496 e. The number of anilines is 1. The van der Waals surface area contributed by atoms with Crippen LogP contribution in [0.5, 0.6) is 5.75 Å². The minimum Gasteiger partial charge on any atom is -0.496 e. The van der Waals surface area contributed by atoms with E-state index in [0.29, 0.717) is 10.8 Å². The molecule has 0 atom stereocenters. The summed E-state index contributed by atoms with van der Waals surface area (Å²) < 4.78 is 7.09. The standard InChI is InChI=1S/C22H21N5O2S/c1-14-8-9-15(2)18(12-14)23-21(28)13-30-22-25-24-20-11-10-17(26-27(20)22)16-6-4-5-7-19(16)29-3/h4-12H,13H2,1-3H3,(H,23,28). The number of hydrogen-bond donors (Lipinski definition) is 1. The lowest BCUT2D eigenvalue weighted by Gasteiger charge is -2.09. The number of carbonyl (C=O) groups excluding carboxylic acids is 1. The zero-order chi connectivity index (χ0) is 21.1. The van der Waals surface area contributed by atoms with Crippen molar-refractivity contribution in [2.24, 2.45) is 0 Å². The zero-order valence-electron chi connectivity index (χ0n) is 16.9. The Kier molecular flexibility index (Phi) is 5.67. The number of nitrogens with one attached hydrogen (secondary N) is 1. The Labute approximate surface area is 178 Å². The Balaban J connectivity index is 1.53. The van der Waals surface area contributed by atoms with Crippen molar-refractivity contribution in [3.8, 4) is 17.0 Å². The molecule has 0 spiro atoms. The van der Waals surface area contributed by atoms with E-state index in [9.17, 15) is 4.79 Å². The number of nitrogens with zero attached hydrogens (tertiary/aromatic N) is 4. The molecule has 0 aliphatic carbocycles. The third-order valence-electron chi connectivity index (χ3n) is 4.62. The first-order valence-corrected chi connectivity index (χ1v) is 10.4. The van der Waals surface area contributed by atoms with E-state index >= 15 is 0 Å². The number of rotatable bonds is 6. The van der Waals surface area contributed by atoms with Crippen LogP contribution in [0.25, 0.3) is 16.9 Å². The second kappa shape index (κ2) is 8.54. The van der Waals surface area contributed by atoms with Crippen LogP contribution in [0.1, 0.15) is 11.1 Å². The maximum Gasteiger partial charge on any atom is 0.234 e. The van der Waals surface area contributed by atoms with Crippen LogP contribution < -0.4 is 10.1 Å². The molecule has 0 radical (unpaired) electrons. The molecule has 2 aromatic heterocycles. The Morgan fingerprint density at radius 3 is 2.77 bits per heavy atom. The minimum atomic E-state index is -0.105. The molecule has 0 aliphatic heterocycles. The number of amides is 1. The van der Waals surface area contributed by atoms with Gasteiger partial charge in [-0.15, -0.1) is 10.2 Å². The third kappa shape index (κ3) is 4.13. The summed E-state index contributed by atoms with van der Waals surface area (Å²) in [6.07, 6.45) is 0. The fourth-order valence-corrected chi connectivity index (χ4v) is 3.73. The highest BCUT2D eigenvalue weighted by molar-refractivity contribution is 7.99. The van der Waals surface area contributed by atoms with Gasteiger partial charge in [0.2, 0.25) is 11.1 Å². The summed E-state index contributed by atoms with van der Waals surface area (Å²) in [5, 5.41) is 16.5. The molecule has 0 fully saturated rings. The van der Waals surface area contributed by atoms with Crippen LogP contribution in [-0.4, -0.2) is 38.6 Å². The van der Waals surface area contributed by atoms with Crippen molar-refractivity contribution in [3.63, 3.8) is 0 Å². The normalized spacial score (nSPS) is 10.9. The number of carbonyl (C=O) groups is 1. The monoisotopic (exact) mass is 419 g/mol. The average molecular weight is 420 g/mol. The number of para-hydroxylation sites is 1. The molecule has 0 bridgehead atoms. The molecule has 2 heterocycles. The molecule has 0 unspecified atom stereocenters. The topological polar surface area (TPSA) is 81.4 Å². The van der Waals surface area contributed by atoms with Gasteiger partial charge in [-0.3, -0.25) is 4.79 Å². The number of ether oxygens (including phenoxy) is 1. The van der Waals surface area contributed by atoms with Crippen molar-refractivity contribution in [2.45, 2.75) is 19.0 Å². The summed E-state index contributed by atoms with van der Waals surface area (Å²) in [7, 11) is 1.63. The molecule has 152 valence electrons. The van der Waals surface area contributed by atoms with Crippen LogP contribution in [0.2, 0.25) is 0 Å². The maximum atomic E-state index is 12.5. The predicted octanol–water partition coefficient (Wildman–Crippen LogP) is 4.15. The smallest absolute Gasteiger partial charge is 0.234 e. The van der Waals surface area contributed by atoms with Gasteiger partial charge in [0.1, 0.15) is 5.75 Å². The van der Waals surface area contributed by atoms with Crippen molar-refractivity contribution in [1.29, 1.82) is 0 Å². The van der Waals surface area contributed by atoms with Crippen molar-refractivity contribution in [3.05, 3.63) is 65.7 Å². The number of methoxy groups -OCH3 is 1. The first-order valence-electron chi connectivity index (χ1n) is 9.41. The summed E-state index contributed by atoms with van der Waals surface area (Å²) in [5.41, 5.74) is 5.17. The quantitative estimate of drug-likeness (QED) is 0.473. The van der Waals surface area contributed by atoms with E-state index in [0.717, 1.165) is 33.8 Å². The van der Waals surface area contributed by atoms with Gasteiger partial charge in [-0.2, -0.15) is 9.61 Å². The molecule has 30 heavy (non-hydrogen) atoms. The van der Waals surface area contributed by atoms with E-state index < -0.39 is 0 Å². The van der Waals surface area contributed by atoms with Crippen LogP contribution in [-0.2, 0) is 4.79 Å². The summed E-state index contributed by atoms with van der Waals surface area (Å²) >= 11 is 1.29. The number of hydrogen-bond acceptors (Lipinski definition) is 6. The first kappa shape index (κ1) is 19.9. The van der Waals surface area contributed by atoms with Crippen molar-refractivity contribution in [2.75, 3.05) is 18.2 Å². The second-order valence-corrected chi connectivity index (χ2v) is 7.77. The highest BCUT2D eigenvalue weighted by Gasteiger charge is 2.14. The maximum absolute atomic E-state index is 12.5. The lowest BCUT2D eigenvalue weighted by Crippen LogP contribution is -2.15. The van der Waals surface area contributed by atoms with Crippen molar-refractivity contribution in [1.82, 2.24) is 19.8 Å². The van der Waals surface area contributed by atoms with E-state index in [4.69, 9.17) is 4.74 Å². The molecular formula is C22H21N5O2S. The fraction of sp³-hybridized carbons (Fsp3) is 0.182. The molecule has 1 N–H and O–H groups in total. The summed E-state index contributed by atoms with van der Waals surface area (Å²) in [5.74, 6) is 0.834. The van der Waals surface area contributed by atoms with Crippen molar-refractivity contribution >= 4 is 29.0 Å². The van der Waals surface area contributed by atoms with E-state index in [1.165, 1.54) is 11.8 Å². The highest BCUT2D eigenvalue weighted by atomic mass is 32.2. The first-order chi connectivity index (χ1) is 14.5. The van der Waals surface area contributed by atoms with Gasteiger partial charge in [0.15, 0.2) is 5.65 Å². The number of aryl methyl sites for hydroxylation is 2. The fourth-order valence-electron chi connectivity index (χ4n) is 3.05. The zero-order valence-corrected chi connectivity index (χ0v) is 17.7. The molecule has 4 aromatic rings. The number of benzene rings is 2.